The number of halogens is 2. The van der Waals surface area contributed by atoms with Crippen LogP contribution in [0.25, 0.3) is 39.6 Å². The molecule has 0 aliphatic heterocycles. The highest BCUT2D eigenvalue weighted by Crippen LogP contribution is 2.32. The number of carbonyl (C=O) groups is 2. The molecule has 1 heterocycles. The summed E-state index contributed by atoms with van der Waals surface area (Å²) in [6, 6.07) is 37.7. The number of benzene rings is 5. The summed E-state index contributed by atoms with van der Waals surface area (Å²) in [5.41, 5.74) is 5.37. The normalized spacial score (nSPS) is 11.1. The minimum Gasteiger partial charge on any atom is -0.423 e. The van der Waals surface area contributed by atoms with Gasteiger partial charge >= 0.3 is 5.97 Å². The Balaban J connectivity index is 1.22. The molecule has 0 fully saturated rings. The summed E-state index contributed by atoms with van der Waals surface area (Å²) in [6.45, 7) is 0. The SMILES string of the molecule is N#C/C(=C\c1ccc(OC(=O)c2ccc3nc(-c4ccccc4)c(-c4ccccc4)nc3c2)cc1)C(=O)Nc1c(Cl)cccc1Cl. The molecule has 0 saturated heterocycles. The number of nitrogens with zero attached hydrogens (tertiary/aromatic N) is 3. The number of carbonyl (C=O) groups excluding carboxylic acids is 2. The van der Waals surface area contributed by atoms with Crippen molar-refractivity contribution in [2.45, 2.75) is 0 Å². The monoisotopic (exact) mass is 640 g/mol. The summed E-state index contributed by atoms with van der Waals surface area (Å²) < 4.78 is 5.61. The Morgan fingerprint density at radius 2 is 1.30 bits per heavy atom. The third kappa shape index (κ3) is 6.64. The topological polar surface area (TPSA) is 105 Å². The van der Waals surface area contributed by atoms with Crippen LogP contribution in [0.1, 0.15) is 15.9 Å². The summed E-state index contributed by atoms with van der Waals surface area (Å²) >= 11 is 12.3. The Kier molecular flexibility index (Phi) is 8.84. The molecular weight excluding hydrogens is 619 g/mol. The fourth-order valence-corrected chi connectivity index (χ4v) is 5.18. The zero-order valence-electron chi connectivity index (χ0n) is 23.9. The first-order valence-electron chi connectivity index (χ1n) is 14.0. The van der Waals surface area contributed by atoms with Gasteiger partial charge in [-0.05, 0) is 54.1 Å². The Labute approximate surface area is 274 Å². The van der Waals surface area contributed by atoms with Crippen LogP contribution in [0, 0.1) is 11.3 Å². The van der Waals surface area contributed by atoms with Gasteiger partial charge in [0.15, 0.2) is 0 Å². The van der Waals surface area contributed by atoms with E-state index in [0.717, 1.165) is 16.8 Å². The maximum absolute atomic E-state index is 13.1. The van der Waals surface area contributed by atoms with Gasteiger partial charge in [-0.25, -0.2) is 14.8 Å². The van der Waals surface area contributed by atoms with E-state index in [9.17, 15) is 14.9 Å². The molecule has 0 spiro atoms. The number of ether oxygens (including phenoxy) is 1. The molecule has 0 bridgehead atoms. The van der Waals surface area contributed by atoms with Crippen LogP contribution in [0.15, 0.2) is 127 Å². The first-order chi connectivity index (χ1) is 22.4. The van der Waals surface area contributed by atoms with Crippen molar-refractivity contribution in [1.29, 1.82) is 5.26 Å². The molecule has 1 amide bonds. The predicted octanol–water partition coefficient (Wildman–Crippen LogP) is 9.04. The van der Waals surface area contributed by atoms with E-state index in [1.54, 1.807) is 60.7 Å². The van der Waals surface area contributed by atoms with Gasteiger partial charge in [-0.3, -0.25) is 4.79 Å². The van der Waals surface area contributed by atoms with Gasteiger partial charge in [0, 0.05) is 11.1 Å². The van der Waals surface area contributed by atoms with Crippen molar-refractivity contribution in [2.24, 2.45) is 0 Å². The van der Waals surface area contributed by atoms with Crippen molar-refractivity contribution in [3.05, 3.63) is 148 Å². The molecule has 0 radical (unpaired) electrons. The van der Waals surface area contributed by atoms with E-state index in [1.807, 2.05) is 66.7 Å². The largest absolute Gasteiger partial charge is 0.423 e. The van der Waals surface area contributed by atoms with Crippen LogP contribution in [-0.2, 0) is 4.79 Å². The average molecular weight is 642 g/mol. The molecule has 9 heteroatoms. The number of amides is 1. The highest BCUT2D eigenvalue weighted by molar-refractivity contribution is 6.40. The lowest BCUT2D eigenvalue weighted by molar-refractivity contribution is -0.112. The summed E-state index contributed by atoms with van der Waals surface area (Å²) in [7, 11) is 0. The first kappa shape index (κ1) is 30.2. The predicted molar refractivity (Wildman–Crippen MR) is 180 cm³/mol. The second-order valence-electron chi connectivity index (χ2n) is 10.0. The fourth-order valence-electron chi connectivity index (χ4n) is 4.69. The quantitative estimate of drug-likeness (QED) is 0.0807. The van der Waals surface area contributed by atoms with Gasteiger partial charge in [-0.1, -0.05) is 102 Å². The number of anilines is 1. The van der Waals surface area contributed by atoms with E-state index < -0.39 is 11.9 Å². The summed E-state index contributed by atoms with van der Waals surface area (Å²) in [6.07, 6.45) is 1.40. The van der Waals surface area contributed by atoms with Crippen molar-refractivity contribution in [3.8, 4) is 34.3 Å². The van der Waals surface area contributed by atoms with Gasteiger partial charge in [-0.2, -0.15) is 5.26 Å². The van der Waals surface area contributed by atoms with E-state index in [2.05, 4.69) is 5.32 Å². The first-order valence-corrected chi connectivity index (χ1v) is 14.8. The Bertz CT molecular complexity index is 2140. The molecule has 1 aromatic heterocycles. The lowest BCUT2D eigenvalue weighted by atomic mass is 10.0. The lowest BCUT2D eigenvalue weighted by Crippen LogP contribution is -2.14. The molecular formula is C37H22Cl2N4O3. The Morgan fingerprint density at radius 3 is 1.89 bits per heavy atom. The maximum Gasteiger partial charge on any atom is 0.343 e. The number of hydrogen-bond donors (Lipinski definition) is 1. The molecule has 6 rings (SSSR count). The minimum atomic E-state index is -0.668. The highest BCUT2D eigenvalue weighted by atomic mass is 35.5. The van der Waals surface area contributed by atoms with Gasteiger partial charge in [0.1, 0.15) is 17.4 Å². The number of rotatable bonds is 7. The van der Waals surface area contributed by atoms with Crippen molar-refractivity contribution in [2.75, 3.05) is 5.32 Å². The van der Waals surface area contributed by atoms with Crippen molar-refractivity contribution < 1.29 is 14.3 Å². The molecule has 0 saturated carbocycles. The second-order valence-corrected chi connectivity index (χ2v) is 10.8. The van der Waals surface area contributed by atoms with Crippen molar-refractivity contribution in [3.63, 3.8) is 0 Å². The lowest BCUT2D eigenvalue weighted by Gasteiger charge is -2.11. The van der Waals surface area contributed by atoms with Gasteiger partial charge in [0.25, 0.3) is 5.91 Å². The van der Waals surface area contributed by atoms with Crippen LogP contribution >= 0.6 is 23.2 Å². The standard InChI is InChI=1S/C37H22Cl2N4O3/c38-29-12-7-13-30(39)35(29)43-36(44)27(22-40)20-23-14-17-28(18-15-23)46-37(45)26-16-19-31-32(21-26)42-34(25-10-5-2-6-11-25)33(41-31)24-8-3-1-4-9-24/h1-21H,(H,43,44)/b27-20+. The average Bonchev–Trinajstić information content (AvgIpc) is 3.09. The number of nitriles is 1. The number of fused-ring (bicyclic) bond motifs is 1. The van der Waals surface area contributed by atoms with Crippen LogP contribution in [0.4, 0.5) is 5.69 Å². The molecule has 1 N–H and O–H groups in total. The fraction of sp³-hybridized carbons (Fsp3) is 0. The molecule has 222 valence electrons. The second kappa shape index (κ2) is 13.4. The maximum atomic E-state index is 13.1. The number of aromatic nitrogens is 2. The highest BCUT2D eigenvalue weighted by Gasteiger charge is 2.17. The van der Waals surface area contributed by atoms with Crippen LogP contribution in [0.5, 0.6) is 5.75 Å². The van der Waals surface area contributed by atoms with Gasteiger partial charge in [0.2, 0.25) is 0 Å². The summed E-state index contributed by atoms with van der Waals surface area (Å²) in [5.74, 6) is -0.962. The Morgan fingerprint density at radius 1 is 0.717 bits per heavy atom. The van der Waals surface area contributed by atoms with Crippen LogP contribution < -0.4 is 10.1 Å². The van der Waals surface area contributed by atoms with E-state index in [1.165, 1.54) is 6.08 Å². The third-order valence-corrected chi connectivity index (χ3v) is 7.59. The van der Waals surface area contributed by atoms with E-state index in [0.29, 0.717) is 27.9 Å². The zero-order chi connectivity index (χ0) is 32.0. The third-order valence-electron chi connectivity index (χ3n) is 6.96. The number of nitrogens with one attached hydrogen (secondary N) is 1. The molecule has 0 aliphatic rings. The molecule has 5 aromatic carbocycles. The molecule has 0 atom stereocenters. The Hall–Kier alpha value is -5.81. The van der Waals surface area contributed by atoms with Crippen molar-refractivity contribution in [1.82, 2.24) is 9.97 Å². The van der Waals surface area contributed by atoms with E-state index >= 15 is 0 Å². The molecule has 7 nitrogen and oxygen atoms in total. The smallest absolute Gasteiger partial charge is 0.343 e. The number of hydrogen-bond acceptors (Lipinski definition) is 6. The van der Waals surface area contributed by atoms with E-state index in [4.69, 9.17) is 37.9 Å². The van der Waals surface area contributed by atoms with Gasteiger partial charge in [-0.15, -0.1) is 0 Å². The van der Waals surface area contributed by atoms with Crippen LogP contribution in [0.3, 0.4) is 0 Å². The summed E-state index contributed by atoms with van der Waals surface area (Å²) in [5, 5.41) is 12.6. The minimum absolute atomic E-state index is 0.164. The van der Waals surface area contributed by atoms with Crippen LogP contribution in [-0.4, -0.2) is 21.8 Å². The molecule has 6 aromatic rings. The zero-order valence-corrected chi connectivity index (χ0v) is 25.5. The molecule has 46 heavy (non-hydrogen) atoms. The molecule has 0 aliphatic carbocycles. The number of para-hydroxylation sites is 1. The van der Waals surface area contributed by atoms with E-state index in [-0.39, 0.29) is 27.1 Å². The van der Waals surface area contributed by atoms with Crippen LogP contribution in [0.2, 0.25) is 10.0 Å². The number of esters is 1. The summed E-state index contributed by atoms with van der Waals surface area (Å²) in [4.78, 5) is 35.7. The van der Waals surface area contributed by atoms with Gasteiger partial charge in [0.05, 0.1) is 43.7 Å². The van der Waals surface area contributed by atoms with Gasteiger partial charge < -0.3 is 10.1 Å². The molecule has 0 unspecified atom stereocenters. The van der Waals surface area contributed by atoms with Crippen molar-refractivity contribution >= 4 is 57.9 Å².